The van der Waals surface area contributed by atoms with Crippen molar-refractivity contribution >= 4 is 27.3 Å². The highest BCUT2D eigenvalue weighted by Crippen LogP contribution is 2.15. The van der Waals surface area contributed by atoms with E-state index in [0.29, 0.717) is 0 Å². The van der Waals surface area contributed by atoms with Crippen LogP contribution in [0.1, 0.15) is 11.4 Å². The highest BCUT2D eigenvalue weighted by atomic mass is 79.9. The van der Waals surface area contributed by atoms with E-state index in [1.54, 1.807) is 0 Å². The second kappa shape index (κ2) is 5.05. The van der Waals surface area contributed by atoms with E-state index in [0.717, 1.165) is 28.0 Å². The van der Waals surface area contributed by atoms with Crippen LogP contribution in [0.4, 0.5) is 5.69 Å². The number of rotatable bonds is 3. The van der Waals surface area contributed by atoms with E-state index in [-0.39, 0.29) is 0 Å². The Morgan fingerprint density at radius 1 is 1.16 bits per heavy atom. The van der Waals surface area contributed by atoms with Crippen molar-refractivity contribution in [3.63, 3.8) is 0 Å². The summed E-state index contributed by atoms with van der Waals surface area (Å²) in [6, 6.07) is 14.3. The number of hydrogen-bond donors (Lipinski definition) is 1. The lowest BCUT2D eigenvalue weighted by Gasteiger charge is -2.03. The first-order chi connectivity index (χ1) is 9.22. The number of imidazole rings is 1. The number of anilines is 1. The molecule has 0 saturated heterocycles. The Morgan fingerprint density at radius 2 is 1.95 bits per heavy atom. The van der Waals surface area contributed by atoms with Crippen molar-refractivity contribution in [2.45, 2.75) is 13.5 Å². The molecule has 0 aliphatic heterocycles. The van der Waals surface area contributed by atoms with E-state index in [1.807, 2.05) is 36.4 Å². The third-order valence-corrected chi connectivity index (χ3v) is 3.59. The Balaban J connectivity index is 1.78. The van der Waals surface area contributed by atoms with Gasteiger partial charge in [0.15, 0.2) is 0 Å². The molecule has 0 amide bonds. The number of fused-ring (bicyclic) bond motifs is 1. The molecular weight excluding hydrogens is 302 g/mol. The average molecular weight is 316 g/mol. The maximum absolute atomic E-state index is 4.60. The molecule has 1 N–H and O–H groups in total. The Kier molecular flexibility index (Phi) is 3.25. The summed E-state index contributed by atoms with van der Waals surface area (Å²) in [4.78, 5) is 4.60. The SMILES string of the molecule is Cc1cccc2nc(CNc3ccc(Br)cc3)cn12. The lowest BCUT2D eigenvalue weighted by molar-refractivity contribution is 1.06. The third-order valence-electron chi connectivity index (χ3n) is 3.06. The molecule has 1 aromatic carbocycles. The molecule has 3 rings (SSSR count). The average Bonchev–Trinajstić information content (AvgIpc) is 2.83. The molecule has 0 aliphatic carbocycles. The Hall–Kier alpha value is -1.81. The van der Waals surface area contributed by atoms with Gasteiger partial charge in [0.2, 0.25) is 0 Å². The van der Waals surface area contributed by atoms with Gasteiger partial charge in [-0.15, -0.1) is 0 Å². The number of halogens is 1. The van der Waals surface area contributed by atoms with E-state index in [9.17, 15) is 0 Å². The van der Waals surface area contributed by atoms with Crippen LogP contribution in [0, 0.1) is 6.92 Å². The van der Waals surface area contributed by atoms with Gasteiger partial charge in [-0.2, -0.15) is 0 Å². The van der Waals surface area contributed by atoms with Gasteiger partial charge in [-0.25, -0.2) is 4.98 Å². The van der Waals surface area contributed by atoms with E-state index < -0.39 is 0 Å². The van der Waals surface area contributed by atoms with Crippen LogP contribution < -0.4 is 5.32 Å². The van der Waals surface area contributed by atoms with Crippen LogP contribution >= 0.6 is 15.9 Å². The number of nitrogens with one attached hydrogen (secondary N) is 1. The molecule has 3 nitrogen and oxygen atoms in total. The molecule has 2 aromatic heterocycles. The molecule has 0 bridgehead atoms. The van der Waals surface area contributed by atoms with E-state index in [2.05, 4.69) is 49.8 Å². The fourth-order valence-corrected chi connectivity index (χ4v) is 2.31. The van der Waals surface area contributed by atoms with Crippen molar-refractivity contribution < 1.29 is 0 Å². The first-order valence-corrected chi connectivity index (χ1v) is 6.95. The molecule has 0 aliphatic rings. The van der Waals surface area contributed by atoms with Crippen molar-refractivity contribution in [3.05, 3.63) is 64.5 Å². The van der Waals surface area contributed by atoms with Gasteiger partial charge in [-0.1, -0.05) is 22.0 Å². The van der Waals surface area contributed by atoms with Crippen molar-refractivity contribution in [2.75, 3.05) is 5.32 Å². The maximum atomic E-state index is 4.60. The van der Waals surface area contributed by atoms with Gasteiger partial charge in [0.05, 0.1) is 12.2 Å². The number of aromatic nitrogens is 2. The van der Waals surface area contributed by atoms with Crippen LogP contribution in [-0.4, -0.2) is 9.38 Å². The van der Waals surface area contributed by atoms with Gasteiger partial charge < -0.3 is 9.72 Å². The van der Waals surface area contributed by atoms with Gasteiger partial charge in [-0.3, -0.25) is 0 Å². The van der Waals surface area contributed by atoms with Gasteiger partial charge in [0, 0.05) is 22.1 Å². The van der Waals surface area contributed by atoms with E-state index in [1.165, 1.54) is 5.69 Å². The molecular formula is C15H14BrN3. The van der Waals surface area contributed by atoms with Crippen molar-refractivity contribution in [2.24, 2.45) is 0 Å². The second-order valence-electron chi connectivity index (χ2n) is 4.49. The minimum atomic E-state index is 0.725. The highest BCUT2D eigenvalue weighted by molar-refractivity contribution is 9.10. The normalized spacial score (nSPS) is 10.8. The highest BCUT2D eigenvalue weighted by Gasteiger charge is 2.02. The fourth-order valence-electron chi connectivity index (χ4n) is 2.04. The molecule has 4 heteroatoms. The molecule has 0 spiro atoms. The van der Waals surface area contributed by atoms with Crippen LogP contribution in [-0.2, 0) is 6.54 Å². The van der Waals surface area contributed by atoms with Crippen molar-refractivity contribution in [3.8, 4) is 0 Å². The van der Waals surface area contributed by atoms with Crippen LogP contribution in [0.15, 0.2) is 53.1 Å². The van der Waals surface area contributed by atoms with Crippen LogP contribution in [0.3, 0.4) is 0 Å². The summed E-state index contributed by atoms with van der Waals surface area (Å²) in [7, 11) is 0. The molecule has 0 fully saturated rings. The zero-order chi connectivity index (χ0) is 13.2. The number of pyridine rings is 1. The molecule has 0 saturated carbocycles. The minimum absolute atomic E-state index is 0.725. The van der Waals surface area contributed by atoms with Crippen LogP contribution in [0.25, 0.3) is 5.65 Å². The smallest absolute Gasteiger partial charge is 0.137 e. The molecule has 2 heterocycles. The summed E-state index contributed by atoms with van der Waals surface area (Å²) in [5.41, 5.74) is 4.32. The first kappa shape index (κ1) is 12.2. The molecule has 3 aromatic rings. The predicted octanol–water partition coefficient (Wildman–Crippen LogP) is 4.02. The minimum Gasteiger partial charge on any atom is -0.379 e. The lowest BCUT2D eigenvalue weighted by atomic mass is 10.3. The summed E-state index contributed by atoms with van der Waals surface area (Å²) in [6.07, 6.45) is 2.08. The standard InChI is InChI=1S/C15H14BrN3/c1-11-3-2-4-15-18-14(10-19(11)15)9-17-13-7-5-12(16)6-8-13/h2-8,10,17H,9H2,1H3. The molecule has 96 valence electrons. The monoisotopic (exact) mass is 315 g/mol. The number of benzene rings is 1. The molecule has 0 radical (unpaired) electrons. The quantitative estimate of drug-likeness (QED) is 0.791. The summed E-state index contributed by atoms with van der Waals surface area (Å²) in [5.74, 6) is 0. The van der Waals surface area contributed by atoms with Gasteiger partial charge >= 0.3 is 0 Å². The van der Waals surface area contributed by atoms with Gasteiger partial charge in [-0.05, 0) is 43.3 Å². The van der Waals surface area contributed by atoms with Crippen molar-refractivity contribution in [1.29, 1.82) is 0 Å². The Morgan fingerprint density at radius 3 is 2.68 bits per heavy atom. The first-order valence-electron chi connectivity index (χ1n) is 6.15. The maximum Gasteiger partial charge on any atom is 0.137 e. The molecule has 0 unspecified atom stereocenters. The summed E-state index contributed by atoms with van der Waals surface area (Å²) in [6.45, 7) is 2.81. The topological polar surface area (TPSA) is 29.3 Å². The molecule has 0 atom stereocenters. The predicted molar refractivity (Wildman–Crippen MR) is 81.4 cm³/mol. The largest absolute Gasteiger partial charge is 0.379 e. The van der Waals surface area contributed by atoms with Gasteiger partial charge in [0.1, 0.15) is 5.65 Å². The summed E-state index contributed by atoms with van der Waals surface area (Å²) < 4.78 is 3.19. The number of hydrogen-bond acceptors (Lipinski definition) is 2. The zero-order valence-electron chi connectivity index (χ0n) is 10.6. The summed E-state index contributed by atoms with van der Waals surface area (Å²) >= 11 is 3.43. The Bertz CT molecular complexity index is 701. The number of nitrogens with zero attached hydrogens (tertiary/aromatic N) is 2. The van der Waals surface area contributed by atoms with Gasteiger partial charge in [0.25, 0.3) is 0 Å². The van der Waals surface area contributed by atoms with Crippen molar-refractivity contribution in [1.82, 2.24) is 9.38 Å². The van der Waals surface area contributed by atoms with E-state index >= 15 is 0 Å². The Labute approximate surface area is 120 Å². The fraction of sp³-hybridized carbons (Fsp3) is 0.133. The second-order valence-corrected chi connectivity index (χ2v) is 5.40. The van der Waals surface area contributed by atoms with Crippen LogP contribution in [0.2, 0.25) is 0 Å². The van der Waals surface area contributed by atoms with E-state index in [4.69, 9.17) is 0 Å². The zero-order valence-corrected chi connectivity index (χ0v) is 12.2. The molecule has 19 heavy (non-hydrogen) atoms. The third kappa shape index (κ3) is 2.63. The van der Waals surface area contributed by atoms with Crippen LogP contribution in [0.5, 0.6) is 0 Å². The number of aryl methyl sites for hydroxylation is 1. The lowest BCUT2D eigenvalue weighted by Crippen LogP contribution is -1.99. The summed E-state index contributed by atoms with van der Waals surface area (Å²) in [5, 5.41) is 3.37.